The normalized spacial score (nSPS) is 29.4. The molecule has 1 aromatic carbocycles. The molecule has 0 heterocycles. The van der Waals surface area contributed by atoms with Crippen LogP contribution in [-0.4, -0.2) is 12.1 Å². The Hall–Kier alpha value is -0.890. The fourth-order valence-corrected chi connectivity index (χ4v) is 3.00. The summed E-state index contributed by atoms with van der Waals surface area (Å²) in [6, 6.07) is 7.95. The molecule has 2 heteroatoms. The summed E-state index contributed by atoms with van der Waals surface area (Å²) in [5.74, 6) is 1.44. The topological polar surface area (TPSA) is 12.0 Å². The quantitative estimate of drug-likeness (QED) is 0.856. The van der Waals surface area contributed by atoms with E-state index in [1.54, 1.807) is 12.1 Å². The molecule has 1 N–H and O–H groups in total. The summed E-state index contributed by atoms with van der Waals surface area (Å²) in [5.41, 5.74) is 1.20. The molecule has 1 saturated carbocycles. The number of halogens is 1. The van der Waals surface area contributed by atoms with Crippen LogP contribution in [-0.2, 0) is 6.42 Å². The van der Waals surface area contributed by atoms with Gasteiger partial charge in [-0.05, 0) is 55.7 Å². The highest BCUT2D eigenvalue weighted by Gasteiger charge is 2.30. The van der Waals surface area contributed by atoms with E-state index in [0.717, 1.165) is 18.3 Å². The Balaban J connectivity index is 1.85. The minimum atomic E-state index is -0.155. The van der Waals surface area contributed by atoms with Gasteiger partial charge in [-0.25, -0.2) is 4.39 Å². The number of nitrogens with one attached hydrogen (secondary N) is 1. The molecule has 4 atom stereocenters. The lowest BCUT2D eigenvalue weighted by atomic mass is 9.96. The Morgan fingerprint density at radius 3 is 2.44 bits per heavy atom. The first-order valence-corrected chi connectivity index (χ1v) is 7.06. The van der Waals surface area contributed by atoms with Crippen LogP contribution in [0.4, 0.5) is 4.39 Å². The first-order chi connectivity index (χ1) is 8.56. The van der Waals surface area contributed by atoms with E-state index in [4.69, 9.17) is 0 Å². The van der Waals surface area contributed by atoms with Crippen molar-refractivity contribution in [1.29, 1.82) is 0 Å². The average molecular weight is 249 g/mol. The fraction of sp³-hybridized carbons (Fsp3) is 0.625. The smallest absolute Gasteiger partial charge is 0.123 e. The molecule has 1 nitrogen and oxygen atoms in total. The predicted molar refractivity (Wildman–Crippen MR) is 74.1 cm³/mol. The molecule has 0 bridgehead atoms. The zero-order valence-electron chi connectivity index (χ0n) is 11.6. The summed E-state index contributed by atoms with van der Waals surface area (Å²) in [5, 5.41) is 3.73. The second-order valence-electron chi connectivity index (χ2n) is 5.92. The van der Waals surface area contributed by atoms with Gasteiger partial charge in [0.2, 0.25) is 0 Å². The highest BCUT2D eigenvalue weighted by molar-refractivity contribution is 5.17. The SMILES string of the molecule is CC(Cc1ccc(F)cc1)NC1CCC(C)C1C. The zero-order chi connectivity index (χ0) is 13.1. The maximum Gasteiger partial charge on any atom is 0.123 e. The standard InChI is InChI=1S/C16H24FN/c1-11-4-9-16(13(11)3)18-12(2)10-14-5-7-15(17)8-6-14/h5-8,11-13,16,18H,4,9-10H2,1-3H3. The maximum atomic E-state index is 12.8. The van der Waals surface area contributed by atoms with E-state index in [9.17, 15) is 4.39 Å². The van der Waals surface area contributed by atoms with Crippen molar-refractivity contribution in [2.24, 2.45) is 11.8 Å². The van der Waals surface area contributed by atoms with Gasteiger partial charge < -0.3 is 5.32 Å². The Morgan fingerprint density at radius 1 is 1.22 bits per heavy atom. The molecular formula is C16H24FN. The van der Waals surface area contributed by atoms with Crippen molar-refractivity contribution >= 4 is 0 Å². The van der Waals surface area contributed by atoms with Crippen LogP contribution >= 0.6 is 0 Å². The van der Waals surface area contributed by atoms with Gasteiger partial charge in [0.15, 0.2) is 0 Å². The van der Waals surface area contributed by atoms with Gasteiger partial charge in [0.05, 0.1) is 0 Å². The van der Waals surface area contributed by atoms with Gasteiger partial charge in [-0.3, -0.25) is 0 Å². The molecule has 0 aliphatic heterocycles. The van der Waals surface area contributed by atoms with Crippen molar-refractivity contribution in [3.05, 3.63) is 35.6 Å². The second-order valence-corrected chi connectivity index (χ2v) is 5.92. The Morgan fingerprint density at radius 2 is 1.89 bits per heavy atom. The van der Waals surface area contributed by atoms with Crippen LogP contribution in [0.5, 0.6) is 0 Å². The van der Waals surface area contributed by atoms with E-state index in [-0.39, 0.29) is 5.82 Å². The maximum absolute atomic E-state index is 12.8. The number of benzene rings is 1. The van der Waals surface area contributed by atoms with Crippen molar-refractivity contribution in [2.75, 3.05) is 0 Å². The molecule has 4 unspecified atom stereocenters. The molecule has 2 rings (SSSR count). The van der Waals surface area contributed by atoms with E-state index in [2.05, 4.69) is 26.1 Å². The van der Waals surface area contributed by atoms with Gasteiger partial charge >= 0.3 is 0 Å². The minimum absolute atomic E-state index is 0.155. The Bertz CT molecular complexity index is 373. The number of hydrogen-bond acceptors (Lipinski definition) is 1. The highest BCUT2D eigenvalue weighted by Crippen LogP contribution is 2.31. The van der Waals surface area contributed by atoms with Crippen LogP contribution < -0.4 is 5.32 Å². The third kappa shape index (κ3) is 3.32. The Labute approximate surface area is 110 Å². The largest absolute Gasteiger partial charge is 0.311 e. The number of rotatable bonds is 4. The highest BCUT2D eigenvalue weighted by atomic mass is 19.1. The lowest BCUT2D eigenvalue weighted by Gasteiger charge is -2.24. The summed E-state index contributed by atoms with van der Waals surface area (Å²) >= 11 is 0. The van der Waals surface area contributed by atoms with Gasteiger partial charge in [-0.1, -0.05) is 26.0 Å². The van der Waals surface area contributed by atoms with Crippen molar-refractivity contribution in [3.8, 4) is 0 Å². The molecule has 0 amide bonds. The lowest BCUT2D eigenvalue weighted by Crippen LogP contribution is -2.39. The molecule has 1 aliphatic carbocycles. The fourth-order valence-electron chi connectivity index (χ4n) is 3.00. The number of hydrogen-bond donors (Lipinski definition) is 1. The molecule has 18 heavy (non-hydrogen) atoms. The molecule has 100 valence electrons. The zero-order valence-corrected chi connectivity index (χ0v) is 11.6. The summed E-state index contributed by atoms with van der Waals surface area (Å²) in [6.45, 7) is 6.91. The molecular weight excluding hydrogens is 225 g/mol. The third-order valence-electron chi connectivity index (χ3n) is 4.42. The van der Waals surface area contributed by atoms with Gasteiger partial charge in [-0.15, -0.1) is 0 Å². The summed E-state index contributed by atoms with van der Waals surface area (Å²) in [6.07, 6.45) is 3.59. The predicted octanol–water partition coefficient (Wildman–Crippen LogP) is 3.78. The molecule has 1 aliphatic rings. The lowest BCUT2D eigenvalue weighted by molar-refractivity contribution is 0.343. The van der Waals surface area contributed by atoms with Gasteiger partial charge in [-0.2, -0.15) is 0 Å². The van der Waals surface area contributed by atoms with Gasteiger partial charge in [0.25, 0.3) is 0 Å². The van der Waals surface area contributed by atoms with Crippen LogP contribution in [0.15, 0.2) is 24.3 Å². The van der Waals surface area contributed by atoms with Crippen molar-refractivity contribution in [3.63, 3.8) is 0 Å². The molecule has 0 spiro atoms. The van der Waals surface area contributed by atoms with Crippen molar-refractivity contribution in [2.45, 2.75) is 52.1 Å². The van der Waals surface area contributed by atoms with Crippen LogP contribution in [0.2, 0.25) is 0 Å². The van der Waals surface area contributed by atoms with Crippen LogP contribution in [0.1, 0.15) is 39.2 Å². The van der Waals surface area contributed by atoms with E-state index >= 15 is 0 Å². The summed E-state index contributed by atoms with van der Waals surface area (Å²) in [4.78, 5) is 0. The Kier molecular flexibility index (Phi) is 4.39. The van der Waals surface area contributed by atoms with E-state index in [1.165, 1.54) is 18.4 Å². The summed E-state index contributed by atoms with van der Waals surface area (Å²) in [7, 11) is 0. The van der Waals surface area contributed by atoms with Gasteiger partial charge in [0.1, 0.15) is 5.82 Å². The second kappa shape index (κ2) is 5.83. The minimum Gasteiger partial charge on any atom is -0.311 e. The first kappa shape index (κ1) is 13.5. The summed E-state index contributed by atoms with van der Waals surface area (Å²) < 4.78 is 12.8. The van der Waals surface area contributed by atoms with E-state index < -0.39 is 0 Å². The van der Waals surface area contributed by atoms with E-state index in [0.29, 0.717) is 12.1 Å². The van der Waals surface area contributed by atoms with Crippen LogP contribution in [0.25, 0.3) is 0 Å². The average Bonchev–Trinajstić information content (AvgIpc) is 2.64. The molecule has 0 aromatic heterocycles. The molecule has 0 radical (unpaired) electrons. The molecule has 1 aromatic rings. The first-order valence-electron chi connectivity index (χ1n) is 7.06. The van der Waals surface area contributed by atoms with E-state index in [1.807, 2.05) is 12.1 Å². The van der Waals surface area contributed by atoms with Crippen LogP contribution in [0.3, 0.4) is 0 Å². The van der Waals surface area contributed by atoms with Crippen molar-refractivity contribution < 1.29 is 4.39 Å². The molecule has 0 saturated heterocycles. The third-order valence-corrected chi connectivity index (χ3v) is 4.42. The van der Waals surface area contributed by atoms with Crippen molar-refractivity contribution in [1.82, 2.24) is 5.32 Å². The van der Waals surface area contributed by atoms with Gasteiger partial charge in [0, 0.05) is 12.1 Å². The monoisotopic (exact) mass is 249 g/mol. The molecule has 1 fully saturated rings. The van der Waals surface area contributed by atoms with Crippen LogP contribution in [0, 0.1) is 17.7 Å².